The SMILES string of the molecule is CCOC(C)CNc1cc(NC)nc(COC)n1. The fourth-order valence-electron chi connectivity index (χ4n) is 1.50. The molecule has 6 nitrogen and oxygen atoms in total. The quantitative estimate of drug-likeness (QED) is 0.733. The minimum absolute atomic E-state index is 0.147. The third-order valence-corrected chi connectivity index (χ3v) is 2.32. The van der Waals surface area contributed by atoms with Crippen LogP contribution < -0.4 is 10.6 Å². The second-order valence-corrected chi connectivity index (χ2v) is 3.88. The van der Waals surface area contributed by atoms with E-state index in [1.165, 1.54) is 0 Å². The van der Waals surface area contributed by atoms with Crippen molar-refractivity contribution >= 4 is 11.6 Å². The van der Waals surface area contributed by atoms with Crippen LogP contribution in [0.4, 0.5) is 11.6 Å². The second-order valence-electron chi connectivity index (χ2n) is 3.88. The van der Waals surface area contributed by atoms with Crippen molar-refractivity contribution in [3.63, 3.8) is 0 Å². The number of hydrogen-bond donors (Lipinski definition) is 2. The van der Waals surface area contributed by atoms with E-state index in [4.69, 9.17) is 9.47 Å². The lowest BCUT2D eigenvalue weighted by atomic mass is 10.4. The molecule has 1 heterocycles. The van der Waals surface area contributed by atoms with Gasteiger partial charge in [-0.1, -0.05) is 0 Å². The molecule has 1 unspecified atom stereocenters. The van der Waals surface area contributed by atoms with Gasteiger partial charge < -0.3 is 20.1 Å². The molecule has 0 radical (unpaired) electrons. The lowest BCUT2D eigenvalue weighted by Crippen LogP contribution is -2.20. The summed E-state index contributed by atoms with van der Waals surface area (Å²) in [5.74, 6) is 2.19. The van der Waals surface area contributed by atoms with Crippen LogP contribution in [0.1, 0.15) is 19.7 Å². The lowest BCUT2D eigenvalue weighted by molar-refractivity contribution is 0.0854. The topological polar surface area (TPSA) is 68.3 Å². The Morgan fingerprint density at radius 1 is 1.33 bits per heavy atom. The molecular weight excluding hydrogens is 232 g/mol. The van der Waals surface area contributed by atoms with E-state index in [0.717, 1.165) is 11.6 Å². The number of methoxy groups -OCH3 is 1. The first-order chi connectivity index (χ1) is 8.69. The van der Waals surface area contributed by atoms with E-state index in [0.29, 0.717) is 25.6 Å². The highest BCUT2D eigenvalue weighted by molar-refractivity contribution is 5.47. The van der Waals surface area contributed by atoms with E-state index >= 15 is 0 Å². The van der Waals surface area contributed by atoms with Crippen LogP contribution >= 0.6 is 0 Å². The molecule has 1 aromatic heterocycles. The molecular formula is C12H22N4O2. The van der Waals surface area contributed by atoms with Gasteiger partial charge in [-0.15, -0.1) is 0 Å². The van der Waals surface area contributed by atoms with Gasteiger partial charge in [-0.3, -0.25) is 0 Å². The average molecular weight is 254 g/mol. The van der Waals surface area contributed by atoms with Crippen molar-refractivity contribution in [1.82, 2.24) is 9.97 Å². The average Bonchev–Trinajstić information content (AvgIpc) is 2.37. The third-order valence-electron chi connectivity index (χ3n) is 2.32. The molecule has 102 valence electrons. The fourth-order valence-corrected chi connectivity index (χ4v) is 1.50. The normalized spacial score (nSPS) is 12.2. The van der Waals surface area contributed by atoms with Crippen molar-refractivity contribution in [3.05, 3.63) is 11.9 Å². The van der Waals surface area contributed by atoms with Crippen LogP contribution in [0.3, 0.4) is 0 Å². The Labute approximate surface area is 108 Å². The van der Waals surface area contributed by atoms with Gasteiger partial charge in [0, 0.05) is 33.4 Å². The summed E-state index contributed by atoms with van der Waals surface area (Å²) in [4.78, 5) is 8.65. The van der Waals surface area contributed by atoms with Crippen molar-refractivity contribution < 1.29 is 9.47 Å². The molecule has 6 heteroatoms. The van der Waals surface area contributed by atoms with Gasteiger partial charge in [0.05, 0.1) is 6.10 Å². The third kappa shape index (κ3) is 4.85. The van der Waals surface area contributed by atoms with E-state index in [1.54, 1.807) is 7.11 Å². The zero-order valence-corrected chi connectivity index (χ0v) is 11.5. The molecule has 0 aliphatic rings. The van der Waals surface area contributed by atoms with E-state index in [2.05, 4.69) is 20.6 Å². The van der Waals surface area contributed by atoms with Gasteiger partial charge in [-0.2, -0.15) is 0 Å². The first-order valence-corrected chi connectivity index (χ1v) is 6.09. The molecule has 0 bridgehead atoms. The Kier molecular flexibility index (Phi) is 6.38. The summed E-state index contributed by atoms with van der Waals surface area (Å²) in [5.41, 5.74) is 0. The fraction of sp³-hybridized carbons (Fsp3) is 0.667. The molecule has 0 fully saturated rings. The van der Waals surface area contributed by atoms with Gasteiger partial charge in [-0.05, 0) is 13.8 Å². The van der Waals surface area contributed by atoms with Gasteiger partial charge in [0.1, 0.15) is 18.2 Å². The van der Waals surface area contributed by atoms with E-state index < -0.39 is 0 Å². The van der Waals surface area contributed by atoms with Gasteiger partial charge in [-0.25, -0.2) is 9.97 Å². The van der Waals surface area contributed by atoms with Gasteiger partial charge in [0.25, 0.3) is 0 Å². The maximum absolute atomic E-state index is 5.45. The highest BCUT2D eigenvalue weighted by Gasteiger charge is 2.05. The predicted octanol–water partition coefficient (Wildman–Crippen LogP) is 1.50. The summed E-state index contributed by atoms with van der Waals surface area (Å²) in [6.45, 7) is 5.82. The number of aromatic nitrogens is 2. The Bertz CT molecular complexity index is 360. The smallest absolute Gasteiger partial charge is 0.158 e. The first-order valence-electron chi connectivity index (χ1n) is 6.09. The lowest BCUT2D eigenvalue weighted by Gasteiger charge is -2.14. The molecule has 0 amide bonds. The number of nitrogens with zero attached hydrogens (tertiary/aromatic N) is 2. The minimum Gasteiger partial charge on any atom is -0.377 e. The van der Waals surface area contributed by atoms with Gasteiger partial charge in [0.15, 0.2) is 5.82 Å². The zero-order valence-electron chi connectivity index (χ0n) is 11.5. The molecule has 1 atom stereocenters. The van der Waals surface area contributed by atoms with Crippen LogP contribution in [-0.4, -0.2) is 43.4 Å². The van der Waals surface area contributed by atoms with E-state index in [-0.39, 0.29) is 6.10 Å². The second kappa shape index (κ2) is 7.84. The van der Waals surface area contributed by atoms with Crippen LogP contribution in [0.2, 0.25) is 0 Å². The standard InChI is InChI=1S/C12H22N4O2/c1-5-18-9(2)7-14-11-6-10(13-3)15-12(16-11)8-17-4/h6,9H,5,7-8H2,1-4H3,(H2,13,14,15,16). The molecule has 0 aliphatic carbocycles. The number of rotatable bonds is 8. The summed E-state index contributed by atoms with van der Waals surface area (Å²) >= 11 is 0. The maximum Gasteiger partial charge on any atom is 0.158 e. The van der Waals surface area contributed by atoms with E-state index in [9.17, 15) is 0 Å². The van der Waals surface area contributed by atoms with Crippen LogP contribution in [-0.2, 0) is 16.1 Å². The van der Waals surface area contributed by atoms with Crippen molar-refractivity contribution in [2.24, 2.45) is 0 Å². The summed E-state index contributed by atoms with van der Waals surface area (Å²) in [7, 11) is 3.45. The van der Waals surface area contributed by atoms with Crippen LogP contribution in [0.5, 0.6) is 0 Å². The summed E-state index contributed by atoms with van der Waals surface area (Å²) < 4.78 is 10.5. The van der Waals surface area contributed by atoms with Crippen molar-refractivity contribution in [2.45, 2.75) is 26.6 Å². The molecule has 18 heavy (non-hydrogen) atoms. The largest absolute Gasteiger partial charge is 0.377 e. The number of hydrogen-bond acceptors (Lipinski definition) is 6. The van der Waals surface area contributed by atoms with Crippen LogP contribution in [0.25, 0.3) is 0 Å². The molecule has 2 N–H and O–H groups in total. The number of anilines is 2. The van der Waals surface area contributed by atoms with Crippen molar-refractivity contribution in [3.8, 4) is 0 Å². The highest BCUT2D eigenvalue weighted by atomic mass is 16.5. The number of ether oxygens (including phenoxy) is 2. The Hall–Kier alpha value is -1.40. The summed E-state index contributed by atoms with van der Waals surface area (Å²) in [5, 5.41) is 6.23. The molecule has 1 rings (SSSR count). The molecule has 0 saturated heterocycles. The first kappa shape index (κ1) is 14.7. The summed E-state index contributed by atoms with van der Waals surface area (Å²) in [6.07, 6.45) is 0.147. The van der Waals surface area contributed by atoms with Gasteiger partial charge >= 0.3 is 0 Å². The zero-order chi connectivity index (χ0) is 13.4. The van der Waals surface area contributed by atoms with Crippen molar-refractivity contribution in [1.29, 1.82) is 0 Å². The van der Waals surface area contributed by atoms with E-state index in [1.807, 2.05) is 27.0 Å². The Balaban J connectivity index is 2.65. The maximum atomic E-state index is 5.45. The molecule has 1 aromatic rings. The predicted molar refractivity (Wildman–Crippen MR) is 71.9 cm³/mol. The molecule has 0 aromatic carbocycles. The van der Waals surface area contributed by atoms with Gasteiger partial charge in [0.2, 0.25) is 0 Å². The highest BCUT2D eigenvalue weighted by Crippen LogP contribution is 2.11. The Morgan fingerprint density at radius 3 is 2.67 bits per heavy atom. The molecule has 0 aliphatic heterocycles. The molecule has 0 spiro atoms. The minimum atomic E-state index is 0.147. The Morgan fingerprint density at radius 2 is 2.06 bits per heavy atom. The molecule has 0 saturated carbocycles. The van der Waals surface area contributed by atoms with Crippen molar-refractivity contribution in [2.75, 3.05) is 37.9 Å². The monoisotopic (exact) mass is 254 g/mol. The van der Waals surface area contributed by atoms with Crippen LogP contribution in [0, 0.1) is 0 Å². The van der Waals surface area contributed by atoms with Crippen LogP contribution in [0.15, 0.2) is 6.07 Å². The summed E-state index contributed by atoms with van der Waals surface area (Å²) in [6, 6.07) is 1.86. The number of nitrogens with one attached hydrogen (secondary N) is 2.